The van der Waals surface area contributed by atoms with Gasteiger partial charge in [0, 0.05) is 31.2 Å². The predicted molar refractivity (Wildman–Crippen MR) is 67.3 cm³/mol. The van der Waals surface area contributed by atoms with E-state index >= 15 is 0 Å². The lowest BCUT2D eigenvalue weighted by Gasteiger charge is -2.40. The van der Waals surface area contributed by atoms with Crippen molar-refractivity contribution in [2.45, 2.75) is 26.3 Å². The van der Waals surface area contributed by atoms with Crippen LogP contribution in [0.2, 0.25) is 0 Å². The van der Waals surface area contributed by atoms with E-state index < -0.39 is 0 Å². The normalized spacial score (nSPS) is 23.3. The van der Waals surface area contributed by atoms with Gasteiger partial charge in [-0.1, -0.05) is 6.07 Å². The summed E-state index contributed by atoms with van der Waals surface area (Å²) in [5.41, 5.74) is 4.65. The summed E-state index contributed by atoms with van der Waals surface area (Å²) in [6.07, 6.45) is 0.995. The maximum Gasteiger partial charge on any atom is 0.254 e. The minimum absolute atomic E-state index is 0.223. The molecule has 0 aliphatic carbocycles. The molecule has 1 aromatic carbocycles. The first kappa shape index (κ1) is 10.8. The van der Waals surface area contributed by atoms with E-state index in [0.717, 1.165) is 31.6 Å². The molecule has 2 heterocycles. The average Bonchev–Trinajstić information content (AvgIpc) is 2.32. The van der Waals surface area contributed by atoms with Crippen LogP contribution in [0.3, 0.4) is 0 Å². The Morgan fingerprint density at radius 1 is 1.29 bits per heavy atom. The van der Waals surface area contributed by atoms with E-state index in [-0.39, 0.29) is 5.91 Å². The lowest BCUT2D eigenvalue weighted by molar-refractivity contribution is 0.0606. The molecule has 1 atom stereocenters. The number of carbonyl (C=O) groups is 1. The molecule has 1 fully saturated rings. The van der Waals surface area contributed by atoms with Crippen molar-refractivity contribution in [3.8, 4) is 0 Å². The van der Waals surface area contributed by atoms with Gasteiger partial charge in [0.15, 0.2) is 0 Å². The molecule has 0 unspecified atom stereocenters. The van der Waals surface area contributed by atoms with E-state index in [4.69, 9.17) is 0 Å². The predicted octanol–water partition coefficient (Wildman–Crippen LogP) is 1.27. The van der Waals surface area contributed by atoms with Gasteiger partial charge in [-0.25, -0.2) is 0 Å². The number of aryl methyl sites for hydroxylation is 2. The van der Waals surface area contributed by atoms with Crippen molar-refractivity contribution in [2.75, 3.05) is 19.6 Å². The molecular formula is C14H18N2O. The Balaban J connectivity index is 2.06. The van der Waals surface area contributed by atoms with Gasteiger partial charge in [-0.2, -0.15) is 0 Å². The zero-order valence-corrected chi connectivity index (χ0v) is 10.4. The minimum Gasteiger partial charge on any atom is -0.333 e. The number of rotatable bonds is 0. The summed E-state index contributed by atoms with van der Waals surface area (Å²) in [5, 5.41) is 3.37. The molecule has 3 heteroatoms. The quantitative estimate of drug-likeness (QED) is 0.728. The van der Waals surface area contributed by atoms with Gasteiger partial charge >= 0.3 is 0 Å². The van der Waals surface area contributed by atoms with Crippen molar-refractivity contribution >= 4 is 5.91 Å². The number of amides is 1. The van der Waals surface area contributed by atoms with Crippen LogP contribution in [0.5, 0.6) is 0 Å². The lowest BCUT2D eigenvalue weighted by atomic mass is 9.89. The molecule has 1 aromatic rings. The number of nitrogens with one attached hydrogen (secondary N) is 1. The molecule has 17 heavy (non-hydrogen) atoms. The smallest absolute Gasteiger partial charge is 0.254 e. The van der Waals surface area contributed by atoms with Crippen LogP contribution in [0.1, 0.15) is 27.0 Å². The number of piperazine rings is 1. The minimum atomic E-state index is 0.223. The van der Waals surface area contributed by atoms with Crippen molar-refractivity contribution in [3.05, 3.63) is 34.4 Å². The Labute approximate surface area is 102 Å². The molecule has 3 nitrogen and oxygen atoms in total. The number of hydrogen-bond donors (Lipinski definition) is 1. The Morgan fingerprint density at radius 2 is 2.06 bits per heavy atom. The topological polar surface area (TPSA) is 32.3 Å². The van der Waals surface area contributed by atoms with E-state index in [1.807, 2.05) is 4.90 Å². The third kappa shape index (κ3) is 1.65. The Morgan fingerprint density at radius 3 is 2.88 bits per heavy atom. The van der Waals surface area contributed by atoms with Crippen molar-refractivity contribution < 1.29 is 4.79 Å². The highest BCUT2D eigenvalue weighted by Gasteiger charge is 2.33. The van der Waals surface area contributed by atoms with Gasteiger partial charge < -0.3 is 10.2 Å². The Bertz CT molecular complexity index is 481. The number of fused-ring (bicyclic) bond motifs is 2. The van der Waals surface area contributed by atoms with Gasteiger partial charge in [0.25, 0.3) is 5.91 Å². The standard InChI is InChI=1S/C14H18N2O/c1-9-5-11-7-12-8-15-3-4-16(12)14(17)13(11)6-10(9)2/h5-6,12,15H,3-4,7-8H2,1-2H3/t12-/m1/s1. The van der Waals surface area contributed by atoms with Crippen molar-refractivity contribution in [1.29, 1.82) is 0 Å². The summed E-state index contributed by atoms with van der Waals surface area (Å²) in [6.45, 7) is 6.88. The van der Waals surface area contributed by atoms with Crippen molar-refractivity contribution in [3.63, 3.8) is 0 Å². The summed E-state index contributed by atoms with van der Waals surface area (Å²) >= 11 is 0. The molecule has 0 spiro atoms. The maximum atomic E-state index is 12.4. The van der Waals surface area contributed by atoms with E-state index in [0.29, 0.717) is 6.04 Å². The highest BCUT2D eigenvalue weighted by atomic mass is 16.2. The van der Waals surface area contributed by atoms with Crippen LogP contribution in [0.15, 0.2) is 12.1 Å². The third-order valence-corrected chi connectivity index (χ3v) is 4.02. The number of benzene rings is 1. The number of hydrogen-bond acceptors (Lipinski definition) is 2. The molecule has 90 valence electrons. The molecular weight excluding hydrogens is 212 g/mol. The van der Waals surface area contributed by atoms with E-state index in [1.165, 1.54) is 16.7 Å². The highest BCUT2D eigenvalue weighted by molar-refractivity contribution is 5.97. The van der Waals surface area contributed by atoms with Crippen LogP contribution >= 0.6 is 0 Å². The fourth-order valence-electron chi connectivity index (χ4n) is 2.86. The molecule has 2 aliphatic rings. The molecule has 3 rings (SSSR count). The molecule has 0 radical (unpaired) electrons. The van der Waals surface area contributed by atoms with Gasteiger partial charge in [-0.15, -0.1) is 0 Å². The van der Waals surface area contributed by atoms with Crippen LogP contribution in [0.4, 0.5) is 0 Å². The summed E-state index contributed by atoms with van der Waals surface area (Å²) in [6, 6.07) is 4.60. The zero-order valence-electron chi connectivity index (χ0n) is 10.4. The molecule has 1 amide bonds. The zero-order chi connectivity index (χ0) is 12.0. The molecule has 0 aromatic heterocycles. The molecule has 0 bridgehead atoms. The summed E-state index contributed by atoms with van der Waals surface area (Å²) in [4.78, 5) is 14.4. The van der Waals surface area contributed by atoms with E-state index in [9.17, 15) is 4.79 Å². The highest BCUT2D eigenvalue weighted by Crippen LogP contribution is 2.26. The van der Waals surface area contributed by atoms with Gasteiger partial charge in [-0.05, 0) is 43.0 Å². The first-order chi connectivity index (χ1) is 8.16. The number of carbonyl (C=O) groups excluding carboxylic acids is 1. The van der Waals surface area contributed by atoms with Crippen LogP contribution in [-0.4, -0.2) is 36.5 Å². The monoisotopic (exact) mass is 230 g/mol. The van der Waals surface area contributed by atoms with E-state index in [2.05, 4.69) is 31.3 Å². The van der Waals surface area contributed by atoms with Gasteiger partial charge in [-0.3, -0.25) is 4.79 Å². The van der Waals surface area contributed by atoms with Crippen LogP contribution in [0.25, 0.3) is 0 Å². The van der Waals surface area contributed by atoms with Gasteiger partial charge in [0.1, 0.15) is 0 Å². The van der Waals surface area contributed by atoms with Crippen molar-refractivity contribution in [2.24, 2.45) is 0 Å². The SMILES string of the molecule is Cc1cc2c(cc1C)C(=O)N1CCNC[C@H]1C2. The largest absolute Gasteiger partial charge is 0.333 e. The fourth-order valence-corrected chi connectivity index (χ4v) is 2.86. The second-order valence-electron chi connectivity index (χ2n) is 5.15. The number of nitrogens with zero attached hydrogens (tertiary/aromatic N) is 1. The Kier molecular flexibility index (Phi) is 2.44. The molecule has 0 saturated carbocycles. The van der Waals surface area contributed by atoms with Crippen LogP contribution in [-0.2, 0) is 6.42 Å². The fraction of sp³-hybridized carbons (Fsp3) is 0.500. The molecule has 1 saturated heterocycles. The van der Waals surface area contributed by atoms with Gasteiger partial charge in [0.05, 0.1) is 0 Å². The van der Waals surface area contributed by atoms with E-state index in [1.54, 1.807) is 0 Å². The second kappa shape index (κ2) is 3.84. The molecule has 2 aliphatic heterocycles. The first-order valence-electron chi connectivity index (χ1n) is 6.28. The third-order valence-electron chi connectivity index (χ3n) is 4.02. The van der Waals surface area contributed by atoms with Crippen molar-refractivity contribution in [1.82, 2.24) is 10.2 Å². The van der Waals surface area contributed by atoms with Crippen LogP contribution < -0.4 is 5.32 Å². The van der Waals surface area contributed by atoms with Crippen LogP contribution in [0, 0.1) is 13.8 Å². The molecule has 1 N–H and O–H groups in total. The lowest BCUT2D eigenvalue weighted by Crippen LogP contribution is -2.56. The maximum absolute atomic E-state index is 12.4. The summed E-state index contributed by atoms with van der Waals surface area (Å²) in [7, 11) is 0. The summed E-state index contributed by atoms with van der Waals surface area (Å²) < 4.78 is 0. The van der Waals surface area contributed by atoms with Gasteiger partial charge in [0.2, 0.25) is 0 Å². The second-order valence-corrected chi connectivity index (χ2v) is 5.15. The Hall–Kier alpha value is -1.35. The average molecular weight is 230 g/mol. The summed E-state index contributed by atoms with van der Waals surface area (Å²) in [5.74, 6) is 0.223. The first-order valence-corrected chi connectivity index (χ1v) is 6.28.